The molecule has 0 aromatic heterocycles. The first kappa shape index (κ1) is 11.7. The van der Waals surface area contributed by atoms with E-state index in [4.69, 9.17) is 5.11 Å². The minimum absolute atomic E-state index is 0.175. The Bertz CT molecular complexity index is 136. The SMILES string of the molecule is CCC/C(C)=C/C(C)CC(C)O. The van der Waals surface area contributed by atoms with E-state index in [1.54, 1.807) is 0 Å². The Balaban J connectivity index is 3.78. The summed E-state index contributed by atoms with van der Waals surface area (Å²) >= 11 is 0. The second-order valence-corrected chi connectivity index (χ2v) is 3.83. The van der Waals surface area contributed by atoms with Gasteiger partial charge in [0.15, 0.2) is 0 Å². The molecule has 0 amide bonds. The maximum absolute atomic E-state index is 9.14. The van der Waals surface area contributed by atoms with E-state index >= 15 is 0 Å². The maximum Gasteiger partial charge on any atom is 0.0517 e. The highest BCUT2D eigenvalue weighted by molar-refractivity contribution is 5.00. The van der Waals surface area contributed by atoms with Crippen molar-refractivity contribution >= 4 is 0 Å². The molecule has 0 aliphatic carbocycles. The topological polar surface area (TPSA) is 20.2 Å². The summed E-state index contributed by atoms with van der Waals surface area (Å²) in [5, 5.41) is 9.14. The molecule has 72 valence electrons. The van der Waals surface area contributed by atoms with Gasteiger partial charge in [0.2, 0.25) is 0 Å². The third-order valence-corrected chi connectivity index (χ3v) is 1.93. The molecular weight excluding hydrogens is 148 g/mol. The highest BCUT2D eigenvalue weighted by Crippen LogP contribution is 2.12. The van der Waals surface area contributed by atoms with Gasteiger partial charge in [-0.2, -0.15) is 0 Å². The van der Waals surface area contributed by atoms with E-state index in [1.807, 2.05) is 6.92 Å². The lowest BCUT2D eigenvalue weighted by Crippen LogP contribution is -2.05. The quantitative estimate of drug-likeness (QED) is 0.628. The van der Waals surface area contributed by atoms with Crippen LogP contribution in [0.25, 0.3) is 0 Å². The van der Waals surface area contributed by atoms with Crippen LogP contribution in [-0.4, -0.2) is 11.2 Å². The Labute approximate surface area is 76.5 Å². The third-order valence-electron chi connectivity index (χ3n) is 1.93. The molecule has 0 spiro atoms. The molecule has 1 nitrogen and oxygen atoms in total. The van der Waals surface area contributed by atoms with Gasteiger partial charge in [0.1, 0.15) is 0 Å². The average molecular weight is 170 g/mol. The zero-order chi connectivity index (χ0) is 9.56. The van der Waals surface area contributed by atoms with Crippen LogP contribution in [0.4, 0.5) is 0 Å². The van der Waals surface area contributed by atoms with Crippen molar-refractivity contribution in [1.82, 2.24) is 0 Å². The van der Waals surface area contributed by atoms with E-state index in [1.165, 1.54) is 18.4 Å². The van der Waals surface area contributed by atoms with Crippen molar-refractivity contribution < 1.29 is 5.11 Å². The molecule has 0 heterocycles. The van der Waals surface area contributed by atoms with Gasteiger partial charge in [-0.1, -0.05) is 31.9 Å². The van der Waals surface area contributed by atoms with E-state index in [2.05, 4.69) is 26.8 Å². The Morgan fingerprint density at radius 1 is 1.42 bits per heavy atom. The fourth-order valence-electron chi connectivity index (χ4n) is 1.57. The van der Waals surface area contributed by atoms with E-state index in [0.717, 1.165) is 6.42 Å². The Morgan fingerprint density at radius 2 is 2.00 bits per heavy atom. The number of hydrogen-bond acceptors (Lipinski definition) is 1. The molecular formula is C11H22O. The number of allylic oxidation sites excluding steroid dienone is 2. The van der Waals surface area contributed by atoms with Gasteiger partial charge >= 0.3 is 0 Å². The molecule has 0 aromatic carbocycles. The van der Waals surface area contributed by atoms with Crippen molar-refractivity contribution in [3.8, 4) is 0 Å². The summed E-state index contributed by atoms with van der Waals surface area (Å²) in [4.78, 5) is 0. The molecule has 0 aliphatic heterocycles. The van der Waals surface area contributed by atoms with Crippen molar-refractivity contribution in [1.29, 1.82) is 0 Å². The monoisotopic (exact) mass is 170 g/mol. The van der Waals surface area contributed by atoms with Gasteiger partial charge in [-0.3, -0.25) is 0 Å². The molecule has 0 rings (SSSR count). The van der Waals surface area contributed by atoms with E-state index in [0.29, 0.717) is 5.92 Å². The molecule has 1 heteroatoms. The summed E-state index contributed by atoms with van der Waals surface area (Å²) in [5.74, 6) is 0.511. The Hall–Kier alpha value is -0.300. The fraction of sp³-hybridized carbons (Fsp3) is 0.818. The van der Waals surface area contributed by atoms with Crippen molar-refractivity contribution in [3.63, 3.8) is 0 Å². The van der Waals surface area contributed by atoms with Crippen molar-refractivity contribution in [2.45, 2.75) is 53.1 Å². The highest BCUT2D eigenvalue weighted by Gasteiger charge is 2.02. The smallest absolute Gasteiger partial charge is 0.0517 e. The molecule has 0 bridgehead atoms. The summed E-state index contributed by atoms with van der Waals surface area (Å²) in [6.45, 7) is 8.37. The number of aliphatic hydroxyl groups excluding tert-OH is 1. The molecule has 0 radical (unpaired) electrons. The summed E-state index contributed by atoms with van der Waals surface area (Å²) in [6.07, 6.45) is 5.37. The minimum Gasteiger partial charge on any atom is -0.393 e. The molecule has 2 atom stereocenters. The molecule has 0 saturated carbocycles. The van der Waals surface area contributed by atoms with Crippen molar-refractivity contribution in [3.05, 3.63) is 11.6 Å². The van der Waals surface area contributed by atoms with Crippen LogP contribution in [0, 0.1) is 5.92 Å². The van der Waals surface area contributed by atoms with Crippen LogP contribution in [0.1, 0.15) is 47.0 Å². The van der Waals surface area contributed by atoms with Gasteiger partial charge in [-0.05, 0) is 32.6 Å². The number of aliphatic hydroxyl groups is 1. The van der Waals surface area contributed by atoms with Crippen LogP contribution in [0.5, 0.6) is 0 Å². The highest BCUT2D eigenvalue weighted by atomic mass is 16.3. The van der Waals surface area contributed by atoms with Gasteiger partial charge in [0.25, 0.3) is 0 Å². The zero-order valence-corrected chi connectivity index (χ0v) is 8.80. The van der Waals surface area contributed by atoms with Crippen LogP contribution < -0.4 is 0 Å². The predicted molar refractivity (Wildman–Crippen MR) is 54.1 cm³/mol. The molecule has 1 N–H and O–H groups in total. The fourth-order valence-corrected chi connectivity index (χ4v) is 1.57. The summed E-state index contributed by atoms with van der Waals surface area (Å²) in [7, 11) is 0. The number of hydrogen-bond donors (Lipinski definition) is 1. The standard InChI is InChI=1S/C11H22O/c1-5-6-9(2)7-10(3)8-11(4)12/h7,10-12H,5-6,8H2,1-4H3/b9-7+. The lowest BCUT2D eigenvalue weighted by Gasteiger charge is -2.10. The second-order valence-electron chi connectivity index (χ2n) is 3.83. The van der Waals surface area contributed by atoms with Gasteiger partial charge < -0.3 is 5.11 Å². The largest absolute Gasteiger partial charge is 0.393 e. The molecule has 0 fully saturated rings. The van der Waals surface area contributed by atoms with Crippen LogP contribution in [0.2, 0.25) is 0 Å². The third kappa shape index (κ3) is 6.41. The maximum atomic E-state index is 9.14. The van der Waals surface area contributed by atoms with Crippen LogP contribution in [0.15, 0.2) is 11.6 Å². The van der Waals surface area contributed by atoms with Crippen LogP contribution >= 0.6 is 0 Å². The molecule has 0 aromatic rings. The first-order valence-electron chi connectivity index (χ1n) is 4.91. The second kappa shape index (κ2) is 6.24. The molecule has 0 aliphatic rings. The average Bonchev–Trinajstić information content (AvgIpc) is 1.84. The lowest BCUT2D eigenvalue weighted by atomic mass is 10.00. The zero-order valence-electron chi connectivity index (χ0n) is 8.80. The van der Waals surface area contributed by atoms with E-state index < -0.39 is 0 Å². The van der Waals surface area contributed by atoms with Crippen molar-refractivity contribution in [2.75, 3.05) is 0 Å². The summed E-state index contributed by atoms with van der Waals surface area (Å²) in [5.41, 5.74) is 1.45. The minimum atomic E-state index is -0.175. The van der Waals surface area contributed by atoms with Gasteiger partial charge in [0.05, 0.1) is 6.10 Å². The number of rotatable bonds is 5. The first-order valence-corrected chi connectivity index (χ1v) is 4.91. The predicted octanol–water partition coefficient (Wildman–Crippen LogP) is 3.14. The summed E-state index contributed by atoms with van der Waals surface area (Å²) in [6, 6.07) is 0. The van der Waals surface area contributed by atoms with E-state index in [9.17, 15) is 0 Å². The van der Waals surface area contributed by atoms with Crippen molar-refractivity contribution in [2.24, 2.45) is 5.92 Å². The summed E-state index contributed by atoms with van der Waals surface area (Å²) < 4.78 is 0. The first-order chi connectivity index (χ1) is 5.56. The molecule has 0 saturated heterocycles. The van der Waals surface area contributed by atoms with Crippen LogP contribution in [0.3, 0.4) is 0 Å². The van der Waals surface area contributed by atoms with E-state index in [-0.39, 0.29) is 6.10 Å². The Kier molecular flexibility index (Phi) is 6.09. The normalized spacial score (nSPS) is 17.6. The van der Waals surface area contributed by atoms with Gasteiger partial charge in [-0.25, -0.2) is 0 Å². The van der Waals surface area contributed by atoms with Crippen LogP contribution in [-0.2, 0) is 0 Å². The molecule has 2 unspecified atom stereocenters. The molecule has 12 heavy (non-hydrogen) atoms. The van der Waals surface area contributed by atoms with Gasteiger partial charge in [-0.15, -0.1) is 0 Å². The van der Waals surface area contributed by atoms with Gasteiger partial charge in [0, 0.05) is 0 Å². The lowest BCUT2D eigenvalue weighted by molar-refractivity contribution is 0.172. The Morgan fingerprint density at radius 3 is 2.42 bits per heavy atom.